The number of nitrogens with one attached hydrogen (secondary N) is 1. The smallest absolute Gasteiger partial charge is 0.270 e. The molecule has 1 N–H and O–H groups in total. The first kappa shape index (κ1) is 14.0. The maximum Gasteiger partial charge on any atom is 0.270 e. The summed E-state index contributed by atoms with van der Waals surface area (Å²) in [5, 5.41) is 14.0. The summed E-state index contributed by atoms with van der Waals surface area (Å²) in [6.45, 7) is 1.15. The molecule has 0 unspecified atom stereocenters. The third-order valence-electron chi connectivity index (χ3n) is 2.87. The summed E-state index contributed by atoms with van der Waals surface area (Å²) in [5.41, 5.74) is 1.92. The van der Waals surface area contributed by atoms with E-state index in [0.717, 1.165) is 11.1 Å². The molecule has 0 bridgehead atoms. The first-order chi connectivity index (χ1) is 9.70. The number of rotatable bonds is 6. The van der Waals surface area contributed by atoms with Crippen LogP contribution in [0.5, 0.6) is 5.75 Å². The first-order valence-electron chi connectivity index (χ1n) is 6.11. The summed E-state index contributed by atoms with van der Waals surface area (Å²) in [7, 11) is 1.55. The van der Waals surface area contributed by atoms with Gasteiger partial charge in [-0.2, -0.15) is 0 Å². The Morgan fingerprint density at radius 3 is 2.65 bits per heavy atom. The minimum atomic E-state index is -0.411. The van der Waals surface area contributed by atoms with Gasteiger partial charge >= 0.3 is 0 Å². The van der Waals surface area contributed by atoms with Crippen LogP contribution in [0.2, 0.25) is 0 Å². The van der Waals surface area contributed by atoms with Gasteiger partial charge in [0.1, 0.15) is 5.75 Å². The Labute approximate surface area is 116 Å². The van der Waals surface area contributed by atoms with Crippen LogP contribution >= 0.6 is 0 Å². The molecule has 0 saturated carbocycles. The van der Waals surface area contributed by atoms with Gasteiger partial charge in [-0.25, -0.2) is 0 Å². The molecule has 104 valence electrons. The quantitative estimate of drug-likeness (QED) is 0.645. The van der Waals surface area contributed by atoms with E-state index >= 15 is 0 Å². The van der Waals surface area contributed by atoms with Crippen molar-refractivity contribution in [3.8, 4) is 5.75 Å². The number of ether oxygens (including phenoxy) is 1. The van der Waals surface area contributed by atoms with E-state index in [2.05, 4.69) is 10.3 Å². The van der Waals surface area contributed by atoms with Crippen molar-refractivity contribution < 1.29 is 9.66 Å². The highest BCUT2D eigenvalue weighted by molar-refractivity contribution is 5.43. The SMILES string of the molecule is COc1ccc([N+](=O)[O-])cc1CNCc1ccncc1. The normalized spacial score (nSPS) is 10.2. The van der Waals surface area contributed by atoms with Gasteiger partial charge in [0.25, 0.3) is 5.69 Å². The lowest BCUT2D eigenvalue weighted by molar-refractivity contribution is -0.384. The Hall–Kier alpha value is -2.47. The van der Waals surface area contributed by atoms with Gasteiger partial charge in [0.15, 0.2) is 0 Å². The van der Waals surface area contributed by atoms with Crippen molar-refractivity contribution >= 4 is 5.69 Å². The molecule has 0 fully saturated rings. The minimum Gasteiger partial charge on any atom is -0.496 e. The van der Waals surface area contributed by atoms with Gasteiger partial charge in [0, 0.05) is 43.2 Å². The molecule has 20 heavy (non-hydrogen) atoms. The molecular weight excluding hydrogens is 258 g/mol. The van der Waals surface area contributed by atoms with Crippen LogP contribution in [-0.4, -0.2) is 17.0 Å². The summed E-state index contributed by atoms with van der Waals surface area (Å²) < 4.78 is 5.21. The van der Waals surface area contributed by atoms with Crippen LogP contribution in [0.3, 0.4) is 0 Å². The third-order valence-corrected chi connectivity index (χ3v) is 2.87. The van der Waals surface area contributed by atoms with E-state index < -0.39 is 4.92 Å². The zero-order chi connectivity index (χ0) is 14.4. The van der Waals surface area contributed by atoms with Crippen LogP contribution in [0.4, 0.5) is 5.69 Å². The highest BCUT2D eigenvalue weighted by atomic mass is 16.6. The standard InChI is InChI=1S/C14H15N3O3/c1-20-14-3-2-13(17(18)19)8-12(14)10-16-9-11-4-6-15-7-5-11/h2-8,16H,9-10H2,1H3. The van der Waals surface area contributed by atoms with Gasteiger partial charge in [0.05, 0.1) is 12.0 Å². The van der Waals surface area contributed by atoms with Crippen molar-refractivity contribution in [1.29, 1.82) is 0 Å². The number of aromatic nitrogens is 1. The Kier molecular flexibility index (Phi) is 4.62. The van der Waals surface area contributed by atoms with Gasteiger partial charge in [-0.05, 0) is 23.8 Å². The number of hydrogen-bond donors (Lipinski definition) is 1. The monoisotopic (exact) mass is 273 g/mol. The zero-order valence-corrected chi connectivity index (χ0v) is 11.1. The molecule has 0 atom stereocenters. The lowest BCUT2D eigenvalue weighted by Crippen LogP contribution is -2.13. The molecule has 0 aliphatic heterocycles. The minimum absolute atomic E-state index is 0.0616. The highest BCUT2D eigenvalue weighted by Gasteiger charge is 2.10. The maximum atomic E-state index is 10.8. The predicted octanol–water partition coefficient (Wildman–Crippen LogP) is 2.29. The molecule has 0 amide bonds. The molecule has 2 rings (SSSR count). The van der Waals surface area contributed by atoms with Crippen molar-refractivity contribution in [3.05, 3.63) is 64.0 Å². The fraction of sp³-hybridized carbons (Fsp3) is 0.214. The largest absolute Gasteiger partial charge is 0.496 e. The van der Waals surface area contributed by atoms with E-state index in [4.69, 9.17) is 4.74 Å². The van der Waals surface area contributed by atoms with Crippen molar-refractivity contribution in [2.75, 3.05) is 7.11 Å². The van der Waals surface area contributed by atoms with Crippen LogP contribution < -0.4 is 10.1 Å². The third kappa shape index (κ3) is 3.52. The molecule has 2 aromatic rings. The average molecular weight is 273 g/mol. The molecule has 1 heterocycles. The van der Waals surface area contributed by atoms with Crippen LogP contribution in [0.25, 0.3) is 0 Å². The van der Waals surface area contributed by atoms with Crippen LogP contribution in [0.15, 0.2) is 42.7 Å². The Morgan fingerprint density at radius 1 is 1.25 bits per heavy atom. The Morgan fingerprint density at radius 2 is 2.00 bits per heavy atom. The average Bonchev–Trinajstić information content (AvgIpc) is 2.48. The molecule has 0 saturated heterocycles. The number of non-ortho nitro benzene ring substituents is 1. The topological polar surface area (TPSA) is 77.3 Å². The van der Waals surface area contributed by atoms with E-state index in [9.17, 15) is 10.1 Å². The number of nitro benzene ring substituents is 1. The summed E-state index contributed by atoms with van der Waals surface area (Å²) in [4.78, 5) is 14.3. The van der Waals surface area contributed by atoms with Gasteiger partial charge in [-0.1, -0.05) is 0 Å². The Balaban J connectivity index is 2.04. The van der Waals surface area contributed by atoms with Crippen molar-refractivity contribution in [3.63, 3.8) is 0 Å². The van der Waals surface area contributed by atoms with E-state index in [-0.39, 0.29) is 5.69 Å². The molecule has 0 aliphatic carbocycles. The molecular formula is C14H15N3O3. The van der Waals surface area contributed by atoms with Gasteiger partial charge in [0.2, 0.25) is 0 Å². The van der Waals surface area contributed by atoms with Crippen molar-refractivity contribution in [2.45, 2.75) is 13.1 Å². The molecule has 1 aromatic heterocycles. The first-order valence-corrected chi connectivity index (χ1v) is 6.11. The molecule has 6 heteroatoms. The van der Waals surface area contributed by atoms with E-state index in [1.165, 1.54) is 12.1 Å². The van der Waals surface area contributed by atoms with Crippen LogP contribution in [0.1, 0.15) is 11.1 Å². The molecule has 0 aliphatic rings. The second-order valence-corrected chi connectivity index (χ2v) is 4.21. The number of benzene rings is 1. The Bertz CT molecular complexity index is 587. The number of nitrogens with zero attached hydrogens (tertiary/aromatic N) is 2. The fourth-order valence-electron chi connectivity index (χ4n) is 1.86. The van der Waals surface area contributed by atoms with Crippen LogP contribution in [0, 0.1) is 10.1 Å². The lowest BCUT2D eigenvalue weighted by Gasteiger charge is -2.09. The maximum absolute atomic E-state index is 10.8. The predicted molar refractivity (Wildman–Crippen MR) is 74.4 cm³/mol. The number of hydrogen-bond acceptors (Lipinski definition) is 5. The molecule has 6 nitrogen and oxygen atoms in total. The molecule has 1 aromatic carbocycles. The summed E-state index contributed by atoms with van der Waals surface area (Å²) in [6.07, 6.45) is 3.45. The highest BCUT2D eigenvalue weighted by Crippen LogP contribution is 2.23. The zero-order valence-electron chi connectivity index (χ0n) is 11.1. The number of nitro groups is 1. The van der Waals surface area contributed by atoms with E-state index in [1.807, 2.05) is 12.1 Å². The lowest BCUT2D eigenvalue weighted by atomic mass is 10.1. The summed E-state index contributed by atoms with van der Waals surface area (Å²) in [5.74, 6) is 0.637. The summed E-state index contributed by atoms with van der Waals surface area (Å²) in [6, 6.07) is 8.40. The van der Waals surface area contributed by atoms with Gasteiger partial charge in [-0.15, -0.1) is 0 Å². The fourth-order valence-corrected chi connectivity index (χ4v) is 1.86. The van der Waals surface area contributed by atoms with Gasteiger partial charge < -0.3 is 10.1 Å². The van der Waals surface area contributed by atoms with E-state index in [1.54, 1.807) is 25.6 Å². The van der Waals surface area contributed by atoms with Gasteiger partial charge in [-0.3, -0.25) is 15.1 Å². The summed E-state index contributed by atoms with van der Waals surface area (Å²) >= 11 is 0. The van der Waals surface area contributed by atoms with E-state index in [0.29, 0.717) is 18.8 Å². The molecule has 0 spiro atoms. The number of pyridine rings is 1. The van der Waals surface area contributed by atoms with Crippen molar-refractivity contribution in [1.82, 2.24) is 10.3 Å². The van der Waals surface area contributed by atoms with Crippen molar-refractivity contribution in [2.24, 2.45) is 0 Å². The molecule has 0 radical (unpaired) electrons. The second-order valence-electron chi connectivity index (χ2n) is 4.21. The number of methoxy groups -OCH3 is 1. The van der Waals surface area contributed by atoms with Crippen LogP contribution in [-0.2, 0) is 13.1 Å². The second kappa shape index (κ2) is 6.63.